The zero-order chi connectivity index (χ0) is 15.5. The van der Waals surface area contributed by atoms with Crippen LogP contribution in [0.1, 0.15) is 11.1 Å². The molecule has 0 atom stereocenters. The molecule has 0 spiro atoms. The van der Waals surface area contributed by atoms with Gasteiger partial charge in [-0.05, 0) is 29.8 Å². The molecule has 2 rings (SSSR count). The van der Waals surface area contributed by atoms with E-state index >= 15 is 0 Å². The van der Waals surface area contributed by atoms with Crippen LogP contribution in [0.25, 0.3) is 0 Å². The van der Waals surface area contributed by atoms with Gasteiger partial charge in [0.05, 0.1) is 5.75 Å². The molecule has 0 aliphatic carbocycles. The van der Waals surface area contributed by atoms with Crippen LogP contribution in [0.3, 0.4) is 0 Å². The van der Waals surface area contributed by atoms with Gasteiger partial charge in [-0.15, -0.1) is 0 Å². The molecule has 0 saturated heterocycles. The maximum Gasteiger partial charge on any atom is 0.213 e. The van der Waals surface area contributed by atoms with Gasteiger partial charge in [0.2, 0.25) is 10.0 Å². The van der Waals surface area contributed by atoms with Crippen LogP contribution < -0.4 is 10.5 Å². The summed E-state index contributed by atoms with van der Waals surface area (Å²) in [7, 11) is -3.51. The van der Waals surface area contributed by atoms with Crippen molar-refractivity contribution in [2.45, 2.75) is 12.3 Å². The average molecular weight is 345 g/mol. The summed E-state index contributed by atoms with van der Waals surface area (Å²) in [4.78, 5) is 0. The summed E-state index contributed by atoms with van der Waals surface area (Å²) >= 11 is 12.2. The van der Waals surface area contributed by atoms with E-state index in [-0.39, 0.29) is 5.75 Å². The molecule has 0 aliphatic rings. The molecule has 0 aliphatic heterocycles. The first-order valence-corrected chi connectivity index (χ1v) is 8.58. The van der Waals surface area contributed by atoms with E-state index in [4.69, 9.17) is 28.3 Å². The standard InChI is InChI=1S/C14H14Cl2N2O2S/c15-13-2-1-3-14(16)12(13)8-18-11-6-4-10(5-7-11)9-21(17,19)20/h1-7,18H,8-9H2,(H2,17,19,20). The number of nitrogens with two attached hydrogens (primary N) is 1. The van der Waals surface area contributed by atoms with Crippen molar-refractivity contribution in [1.82, 2.24) is 0 Å². The van der Waals surface area contributed by atoms with E-state index in [0.29, 0.717) is 22.2 Å². The minimum atomic E-state index is -3.51. The van der Waals surface area contributed by atoms with Crippen molar-refractivity contribution in [3.63, 3.8) is 0 Å². The Morgan fingerprint density at radius 1 is 1.00 bits per heavy atom. The van der Waals surface area contributed by atoms with Gasteiger partial charge in [0.1, 0.15) is 0 Å². The van der Waals surface area contributed by atoms with Crippen molar-refractivity contribution in [2.24, 2.45) is 5.14 Å². The van der Waals surface area contributed by atoms with Crippen molar-refractivity contribution in [1.29, 1.82) is 0 Å². The number of hydrogen-bond acceptors (Lipinski definition) is 3. The number of halogens is 2. The zero-order valence-corrected chi connectivity index (χ0v) is 13.3. The molecule has 2 aromatic carbocycles. The largest absolute Gasteiger partial charge is 0.381 e. The first kappa shape index (κ1) is 16.1. The zero-order valence-electron chi connectivity index (χ0n) is 11.0. The average Bonchev–Trinajstić information content (AvgIpc) is 2.38. The summed E-state index contributed by atoms with van der Waals surface area (Å²) in [6.07, 6.45) is 0. The van der Waals surface area contributed by atoms with Gasteiger partial charge >= 0.3 is 0 Å². The molecule has 0 radical (unpaired) electrons. The second-order valence-corrected chi connectivity index (χ2v) is 6.99. The van der Waals surface area contributed by atoms with Gasteiger partial charge in [-0.25, -0.2) is 13.6 Å². The fraction of sp³-hybridized carbons (Fsp3) is 0.143. The highest BCUT2D eigenvalue weighted by Gasteiger charge is 2.06. The van der Waals surface area contributed by atoms with Crippen LogP contribution in [-0.2, 0) is 22.3 Å². The minimum Gasteiger partial charge on any atom is -0.381 e. The fourth-order valence-corrected chi connectivity index (χ4v) is 3.03. The van der Waals surface area contributed by atoms with Gasteiger partial charge in [-0.2, -0.15) is 0 Å². The van der Waals surface area contributed by atoms with Gasteiger partial charge in [0.15, 0.2) is 0 Å². The van der Waals surface area contributed by atoms with Crippen molar-refractivity contribution >= 4 is 38.9 Å². The smallest absolute Gasteiger partial charge is 0.213 e. The van der Waals surface area contributed by atoms with Crippen molar-refractivity contribution in [3.8, 4) is 0 Å². The normalized spacial score (nSPS) is 11.4. The maximum absolute atomic E-state index is 11.0. The summed E-state index contributed by atoms with van der Waals surface area (Å²) in [6.45, 7) is 0.479. The molecule has 0 fully saturated rings. The lowest BCUT2D eigenvalue weighted by Crippen LogP contribution is -2.14. The third-order valence-electron chi connectivity index (χ3n) is 2.85. The van der Waals surface area contributed by atoms with Crippen molar-refractivity contribution in [2.75, 3.05) is 5.32 Å². The van der Waals surface area contributed by atoms with Crippen LogP contribution in [0, 0.1) is 0 Å². The molecule has 0 heterocycles. The van der Waals surface area contributed by atoms with Gasteiger partial charge in [0, 0.05) is 27.8 Å². The lowest BCUT2D eigenvalue weighted by atomic mass is 10.2. The van der Waals surface area contributed by atoms with E-state index in [1.54, 1.807) is 42.5 Å². The first-order chi connectivity index (χ1) is 9.85. The molecular weight excluding hydrogens is 331 g/mol. The number of nitrogens with one attached hydrogen (secondary N) is 1. The van der Waals surface area contributed by atoms with E-state index in [2.05, 4.69) is 5.32 Å². The maximum atomic E-state index is 11.0. The number of sulfonamides is 1. The summed E-state index contributed by atoms with van der Waals surface area (Å²) in [5.41, 5.74) is 2.29. The Hall–Kier alpha value is -1.27. The van der Waals surface area contributed by atoms with Crippen LogP contribution >= 0.6 is 23.2 Å². The van der Waals surface area contributed by atoms with E-state index < -0.39 is 10.0 Å². The number of benzene rings is 2. The highest BCUT2D eigenvalue weighted by Crippen LogP contribution is 2.25. The van der Waals surface area contributed by atoms with Crippen molar-refractivity contribution < 1.29 is 8.42 Å². The molecule has 4 nitrogen and oxygen atoms in total. The molecule has 0 bridgehead atoms. The molecule has 0 amide bonds. The Bertz CT molecular complexity index is 711. The van der Waals surface area contributed by atoms with E-state index in [9.17, 15) is 8.42 Å². The van der Waals surface area contributed by atoms with Crippen molar-refractivity contribution in [3.05, 3.63) is 63.6 Å². The predicted octanol–water partition coefficient (Wildman–Crippen LogP) is 3.39. The van der Waals surface area contributed by atoms with Crippen LogP contribution in [0.15, 0.2) is 42.5 Å². The van der Waals surface area contributed by atoms with Gasteiger partial charge < -0.3 is 5.32 Å². The summed E-state index contributed by atoms with van der Waals surface area (Å²) < 4.78 is 22.0. The SMILES string of the molecule is NS(=O)(=O)Cc1ccc(NCc2c(Cl)cccc2Cl)cc1. The Morgan fingerprint density at radius 2 is 1.57 bits per heavy atom. The number of hydrogen-bond donors (Lipinski definition) is 2. The van der Waals surface area contributed by atoms with Crippen LogP contribution in [0.2, 0.25) is 10.0 Å². The Labute approximate surface area is 133 Å². The fourth-order valence-electron chi connectivity index (χ4n) is 1.84. The van der Waals surface area contributed by atoms with E-state index in [0.717, 1.165) is 11.3 Å². The number of primary sulfonamides is 1. The van der Waals surface area contributed by atoms with E-state index in [1.807, 2.05) is 0 Å². The Morgan fingerprint density at radius 3 is 2.10 bits per heavy atom. The predicted molar refractivity (Wildman–Crippen MR) is 87.0 cm³/mol. The molecule has 3 N–H and O–H groups in total. The van der Waals surface area contributed by atoms with Gasteiger partial charge in [0.25, 0.3) is 0 Å². The first-order valence-electron chi connectivity index (χ1n) is 6.11. The van der Waals surface area contributed by atoms with Gasteiger partial charge in [-0.1, -0.05) is 41.4 Å². The molecule has 7 heteroatoms. The lowest BCUT2D eigenvalue weighted by Gasteiger charge is -2.10. The lowest BCUT2D eigenvalue weighted by molar-refractivity contribution is 0.597. The van der Waals surface area contributed by atoms with Crippen LogP contribution in [-0.4, -0.2) is 8.42 Å². The molecule has 21 heavy (non-hydrogen) atoms. The topological polar surface area (TPSA) is 72.2 Å². The molecule has 2 aromatic rings. The third kappa shape index (κ3) is 4.89. The second kappa shape index (κ2) is 6.66. The summed E-state index contributed by atoms with van der Waals surface area (Å²) in [6, 6.07) is 12.3. The minimum absolute atomic E-state index is 0.177. The Kier molecular flexibility index (Phi) is 5.11. The van der Waals surface area contributed by atoms with Crippen LogP contribution in [0.4, 0.5) is 5.69 Å². The molecule has 0 saturated carbocycles. The highest BCUT2D eigenvalue weighted by atomic mass is 35.5. The molecule has 112 valence electrons. The van der Waals surface area contributed by atoms with Gasteiger partial charge in [-0.3, -0.25) is 0 Å². The molecular formula is C14H14Cl2N2O2S. The molecule has 0 unspecified atom stereocenters. The monoisotopic (exact) mass is 344 g/mol. The molecule has 0 aromatic heterocycles. The summed E-state index contributed by atoms with van der Waals surface area (Å²) in [5, 5.41) is 9.38. The highest BCUT2D eigenvalue weighted by molar-refractivity contribution is 7.88. The third-order valence-corrected chi connectivity index (χ3v) is 4.30. The second-order valence-electron chi connectivity index (χ2n) is 4.56. The quantitative estimate of drug-likeness (QED) is 0.872. The summed E-state index contributed by atoms with van der Waals surface area (Å²) in [5.74, 6) is -0.177. The number of rotatable bonds is 5. The number of anilines is 1. The Balaban J connectivity index is 2.04. The van der Waals surface area contributed by atoms with E-state index in [1.165, 1.54) is 0 Å². The van der Waals surface area contributed by atoms with Crippen LogP contribution in [0.5, 0.6) is 0 Å².